The number of amides is 1. The monoisotopic (exact) mass is 417 g/mol. The van der Waals surface area contributed by atoms with E-state index in [1.165, 1.54) is 17.3 Å². The van der Waals surface area contributed by atoms with Crippen LogP contribution in [-0.2, 0) is 11.2 Å². The van der Waals surface area contributed by atoms with E-state index >= 15 is 0 Å². The molecule has 0 saturated carbocycles. The van der Waals surface area contributed by atoms with Gasteiger partial charge in [-0.3, -0.25) is 9.47 Å². The molecule has 0 aliphatic rings. The predicted octanol–water partition coefficient (Wildman–Crippen LogP) is 4.66. The Bertz CT molecular complexity index is 1150. The summed E-state index contributed by atoms with van der Waals surface area (Å²) >= 11 is 1.36. The van der Waals surface area contributed by atoms with Crippen molar-refractivity contribution in [2.24, 2.45) is 0 Å². The molecular formula is C23H23N5OS. The minimum Gasteiger partial charge on any atom is -0.325 e. The summed E-state index contributed by atoms with van der Waals surface area (Å²) in [6.45, 7) is 4.14. The molecule has 152 valence electrons. The smallest absolute Gasteiger partial charge is 0.234 e. The third-order valence-electron chi connectivity index (χ3n) is 4.66. The molecule has 0 aliphatic carbocycles. The van der Waals surface area contributed by atoms with Crippen molar-refractivity contribution in [2.45, 2.75) is 25.4 Å². The molecule has 1 amide bonds. The van der Waals surface area contributed by atoms with E-state index < -0.39 is 0 Å². The molecule has 7 heteroatoms. The summed E-state index contributed by atoms with van der Waals surface area (Å²) in [5.74, 6) is 0.893. The number of hydrogen-bond acceptors (Lipinski definition) is 4. The van der Waals surface area contributed by atoms with Gasteiger partial charge in [0.05, 0.1) is 5.75 Å². The number of nitrogens with one attached hydrogen (secondary N) is 1. The predicted molar refractivity (Wildman–Crippen MR) is 121 cm³/mol. The topological polar surface area (TPSA) is 64.7 Å². The highest BCUT2D eigenvalue weighted by molar-refractivity contribution is 7.99. The normalized spacial score (nSPS) is 10.9. The van der Waals surface area contributed by atoms with E-state index in [9.17, 15) is 4.79 Å². The summed E-state index contributed by atoms with van der Waals surface area (Å²) in [6.07, 6.45) is 4.80. The minimum atomic E-state index is -0.0765. The molecule has 0 fully saturated rings. The van der Waals surface area contributed by atoms with Gasteiger partial charge in [0, 0.05) is 23.6 Å². The average molecular weight is 418 g/mol. The summed E-state index contributed by atoms with van der Waals surface area (Å²) in [5, 5.41) is 12.4. The number of thioether (sulfide) groups is 1. The highest BCUT2D eigenvalue weighted by Gasteiger charge is 2.17. The molecule has 2 aromatic carbocycles. The SMILES string of the molecule is CCc1cccc(NC(=O)CSc2nnc(-c3cccc(C)c3)n2-n2cccc2)c1. The molecule has 2 heterocycles. The van der Waals surface area contributed by atoms with Gasteiger partial charge in [-0.05, 0) is 49.2 Å². The Morgan fingerprint density at radius 3 is 2.60 bits per heavy atom. The van der Waals surface area contributed by atoms with Crippen molar-refractivity contribution in [2.75, 3.05) is 11.1 Å². The van der Waals surface area contributed by atoms with Crippen molar-refractivity contribution in [3.05, 3.63) is 84.2 Å². The lowest BCUT2D eigenvalue weighted by atomic mass is 10.1. The molecule has 30 heavy (non-hydrogen) atoms. The van der Waals surface area contributed by atoms with Crippen molar-refractivity contribution in [1.29, 1.82) is 0 Å². The van der Waals surface area contributed by atoms with E-state index in [2.05, 4.69) is 34.6 Å². The summed E-state index contributed by atoms with van der Waals surface area (Å²) < 4.78 is 3.84. The number of carbonyl (C=O) groups is 1. The highest BCUT2D eigenvalue weighted by atomic mass is 32.2. The van der Waals surface area contributed by atoms with E-state index in [0.717, 1.165) is 29.1 Å². The molecule has 1 N–H and O–H groups in total. The Kier molecular flexibility index (Phi) is 5.99. The van der Waals surface area contributed by atoms with Gasteiger partial charge < -0.3 is 5.32 Å². The van der Waals surface area contributed by atoms with E-state index in [1.54, 1.807) is 0 Å². The third kappa shape index (κ3) is 4.46. The molecule has 0 unspecified atom stereocenters. The summed E-state index contributed by atoms with van der Waals surface area (Å²) in [7, 11) is 0. The molecule has 0 atom stereocenters. The number of aryl methyl sites for hydroxylation is 2. The molecule has 0 bridgehead atoms. The number of carbonyl (C=O) groups excluding carboxylic acids is 1. The fraction of sp³-hybridized carbons (Fsp3) is 0.174. The largest absolute Gasteiger partial charge is 0.325 e. The average Bonchev–Trinajstić information content (AvgIpc) is 3.42. The first kappa shape index (κ1) is 20.0. The van der Waals surface area contributed by atoms with E-state index in [4.69, 9.17) is 0 Å². The molecule has 0 saturated heterocycles. The van der Waals surface area contributed by atoms with Gasteiger partial charge in [0.15, 0.2) is 5.82 Å². The van der Waals surface area contributed by atoms with Gasteiger partial charge in [-0.2, -0.15) is 0 Å². The van der Waals surface area contributed by atoms with Gasteiger partial charge in [-0.15, -0.1) is 10.2 Å². The summed E-state index contributed by atoms with van der Waals surface area (Å²) in [6, 6.07) is 19.9. The van der Waals surface area contributed by atoms with Crippen LogP contribution in [0.25, 0.3) is 11.4 Å². The minimum absolute atomic E-state index is 0.0765. The van der Waals surface area contributed by atoms with E-state index in [-0.39, 0.29) is 11.7 Å². The second kappa shape index (κ2) is 9.00. The zero-order valence-corrected chi connectivity index (χ0v) is 17.8. The number of nitrogens with zero attached hydrogens (tertiary/aromatic N) is 4. The maximum absolute atomic E-state index is 12.5. The van der Waals surface area contributed by atoms with Crippen LogP contribution >= 0.6 is 11.8 Å². The van der Waals surface area contributed by atoms with Crippen LogP contribution in [0.15, 0.2) is 78.2 Å². The van der Waals surface area contributed by atoms with Crippen LogP contribution in [0, 0.1) is 6.92 Å². The molecule has 0 radical (unpaired) electrons. The van der Waals surface area contributed by atoms with Crippen LogP contribution in [0.1, 0.15) is 18.1 Å². The van der Waals surface area contributed by atoms with Crippen LogP contribution in [0.3, 0.4) is 0 Å². The van der Waals surface area contributed by atoms with Crippen molar-refractivity contribution in [1.82, 2.24) is 19.5 Å². The number of hydrogen-bond donors (Lipinski definition) is 1. The second-order valence-electron chi connectivity index (χ2n) is 6.94. The van der Waals surface area contributed by atoms with Gasteiger partial charge in [0.25, 0.3) is 0 Å². The van der Waals surface area contributed by atoms with Gasteiger partial charge in [0.1, 0.15) is 0 Å². The lowest BCUT2D eigenvalue weighted by molar-refractivity contribution is -0.113. The fourth-order valence-electron chi connectivity index (χ4n) is 3.18. The molecule has 4 aromatic rings. The summed E-state index contributed by atoms with van der Waals surface area (Å²) in [5.41, 5.74) is 4.13. The van der Waals surface area contributed by atoms with Crippen molar-refractivity contribution >= 4 is 23.4 Å². The van der Waals surface area contributed by atoms with Gasteiger partial charge in [-0.25, -0.2) is 4.68 Å². The van der Waals surface area contributed by atoms with Gasteiger partial charge >= 0.3 is 0 Å². The molecule has 0 aliphatic heterocycles. The van der Waals surface area contributed by atoms with Gasteiger partial charge in [-0.1, -0.05) is 54.6 Å². The number of anilines is 1. The van der Waals surface area contributed by atoms with E-state index in [1.807, 2.05) is 77.2 Å². The van der Waals surface area contributed by atoms with Crippen molar-refractivity contribution in [3.8, 4) is 11.4 Å². The molecular weight excluding hydrogens is 394 g/mol. The van der Waals surface area contributed by atoms with Crippen LogP contribution in [0.5, 0.6) is 0 Å². The fourth-order valence-corrected chi connectivity index (χ4v) is 3.92. The second-order valence-corrected chi connectivity index (χ2v) is 7.88. The van der Waals surface area contributed by atoms with Crippen LogP contribution in [0.2, 0.25) is 0 Å². The number of aromatic nitrogens is 4. The Labute approximate surface area is 179 Å². The van der Waals surface area contributed by atoms with Crippen molar-refractivity contribution in [3.63, 3.8) is 0 Å². The van der Waals surface area contributed by atoms with Crippen LogP contribution < -0.4 is 5.32 Å². The number of benzene rings is 2. The van der Waals surface area contributed by atoms with Crippen LogP contribution in [0.4, 0.5) is 5.69 Å². The molecule has 6 nitrogen and oxygen atoms in total. The molecule has 0 spiro atoms. The maximum atomic E-state index is 12.5. The maximum Gasteiger partial charge on any atom is 0.234 e. The third-order valence-corrected chi connectivity index (χ3v) is 5.58. The lowest BCUT2D eigenvalue weighted by Crippen LogP contribution is -2.16. The van der Waals surface area contributed by atoms with Crippen molar-refractivity contribution < 1.29 is 4.79 Å². The lowest BCUT2D eigenvalue weighted by Gasteiger charge is -2.12. The molecule has 2 aromatic heterocycles. The Hall–Kier alpha value is -3.32. The quantitative estimate of drug-likeness (QED) is 0.444. The Balaban J connectivity index is 1.55. The first-order valence-electron chi connectivity index (χ1n) is 9.81. The highest BCUT2D eigenvalue weighted by Crippen LogP contribution is 2.25. The van der Waals surface area contributed by atoms with Gasteiger partial charge in [0.2, 0.25) is 11.1 Å². The molecule has 4 rings (SSSR count). The van der Waals surface area contributed by atoms with Crippen LogP contribution in [-0.4, -0.2) is 31.2 Å². The number of rotatable bonds is 7. The standard InChI is InChI=1S/C23H23N5OS/c1-3-18-9-7-11-20(15-18)24-21(29)16-30-23-26-25-22(19-10-6-8-17(2)14-19)28(23)27-12-4-5-13-27/h4-15H,3,16H2,1-2H3,(H,24,29). The Morgan fingerprint density at radius 2 is 1.83 bits per heavy atom. The first-order chi connectivity index (χ1) is 14.6. The zero-order valence-electron chi connectivity index (χ0n) is 16.9. The summed E-state index contributed by atoms with van der Waals surface area (Å²) in [4.78, 5) is 12.5. The Morgan fingerprint density at radius 1 is 1.03 bits per heavy atom. The van der Waals surface area contributed by atoms with E-state index in [0.29, 0.717) is 5.16 Å². The first-order valence-corrected chi connectivity index (χ1v) is 10.8. The zero-order chi connectivity index (χ0) is 20.9.